The second-order valence-electron chi connectivity index (χ2n) is 5.93. The van der Waals surface area contributed by atoms with Gasteiger partial charge in [0, 0.05) is 32.9 Å². The van der Waals surface area contributed by atoms with Crippen molar-refractivity contribution < 1.29 is 13.2 Å². The fraction of sp³-hybridized carbons (Fsp3) is 0.375. The molecule has 1 aromatic carbocycles. The van der Waals surface area contributed by atoms with E-state index in [1.165, 1.54) is 0 Å². The number of aromatic nitrogens is 2. The number of benzene rings is 1. The molecule has 1 N–H and O–H groups in total. The molecule has 2 aromatic rings. The van der Waals surface area contributed by atoms with Gasteiger partial charge in [0.25, 0.3) is 0 Å². The zero-order valence-corrected chi connectivity index (χ0v) is 14.4. The molecule has 1 aromatic heterocycles. The summed E-state index contributed by atoms with van der Waals surface area (Å²) in [5, 5.41) is 0. The quantitative estimate of drug-likeness (QED) is 0.895. The summed E-state index contributed by atoms with van der Waals surface area (Å²) in [6.45, 7) is 0. The van der Waals surface area contributed by atoms with E-state index in [9.17, 15) is 13.2 Å². The van der Waals surface area contributed by atoms with Crippen molar-refractivity contribution in [3.8, 4) is 0 Å². The Morgan fingerprint density at radius 1 is 1.21 bits per heavy atom. The van der Waals surface area contributed by atoms with Crippen molar-refractivity contribution in [3.05, 3.63) is 48.5 Å². The Balaban J connectivity index is 1.93. The molecule has 1 saturated heterocycles. The normalized spacial score (nSPS) is 21.9. The third kappa shape index (κ3) is 3.07. The van der Waals surface area contributed by atoms with Gasteiger partial charge in [-0.25, -0.2) is 18.1 Å². The van der Waals surface area contributed by atoms with Crippen LogP contribution in [0.25, 0.3) is 0 Å². The SMILES string of the molecule is CN1C(=O)CC[C@@H](NS(=O)(=O)c2ccccc2)[C@@H]1c1nccn1C. The standard InChI is InChI=1S/C16H20N4O3S/c1-19-11-10-17-16(19)15-13(8-9-14(21)20(15)2)18-24(22,23)12-6-4-3-5-7-12/h3-7,10-11,13,15,18H,8-9H2,1-2H3/t13-,15-/m1/s1. The van der Waals surface area contributed by atoms with Gasteiger partial charge in [-0.1, -0.05) is 18.2 Å². The van der Waals surface area contributed by atoms with E-state index >= 15 is 0 Å². The summed E-state index contributed by atoms with van der Waals surface area (Å²) in [4.78, 5) is 18.2. The molecule has 0 aliphatic carbocycles. The van der Waals surface area contributed by atoms with Crippen molar-refractivity contribution in [1.82, 2.24) is 19.2 Å². The number of imidazole rings is 1. The Kier molecular flexibility index (Phi) is 4.42. The number of piperidine rings is 1. The number of carbonyl (C=O) groups is 1. The number of nitrogens with one attached hydrogen (secondary N) is 1. The molecule has 8 heteroatoms. The van der Waals surface area contributed by atoms with Gasteiger partial charge in [-0.15, -0.1) is 0 Å². The van der Waals surface area contributed by atoms with Crippen LogP contribution in [-0.4, -0.2) is 41.9 Å². The lowest BCUT2D eigenvalue weighted by atomic mass is 9.96. The smallest absolute Gasteiger partial charge is 0.240 e. The number of nitrogens with zero attached hydrogens (tertiary/aromatic N) is 3. The minimum atomic E-state index is -3.66. The first-order valence-corrected chi connectivity index (χ1v) is 9.19. The van der Waals surface area contributed by atoms with Gasteiger partial charge < -0.3 is 9.47 Å². The Morgan fingerprint density at radius 2 is 1.92 bits per heavy atom. The maximum Gasteiger partial charge on any atom is 0.240 e. The van der Waals surface area contributed by atoms with E-state index in [1.807, 2.05) is 11.6 Å². The molecular weight excluding hydrogens is 328 g/mol. The van der Waals surface area contributed by atoms with Crippen LogP contribution in [0.1, 0.15) is 24.7 Å². The Hall–Kier alpha value is -2.19. The van der Waals surface area contributed by atoms with Crippen LogP contribution >= 0.6 is 0 Å². The zero-order chi connectivity index (χ0) is 17.3. The summed E-state index contributed by atoms with van der Waals surface area (Å²) >= 11 is 0. The molecule has 0 bridgehead atoms. The number of hydrogen-bond acceptors (Lipinski definition) is 4. The predicted molar refractivity (Wildman–Crippen MR) is 88.5 cm³/mol. The molecule has 0 unspecified atom stereocenters. The average molecular weight is 348 g/mol. The minimum Gasteiger partial charge on any atom is -0.336 e. The van der Waals surface area contributed by atoms with Gasteiger partial charge in [0.2, 0.25) is 15.9 Å². The summed E-state index contributed by atoms with van der Waals surface area (Å²) in [6, 6.07) is 7.36. The van der Waals surface area contributed by atoms with E-state index in [4.69, 9.17) is 0 Å². The Bertz CT molecular complexity index is 832. The molecule has 1 aliphatic heterocycles. The van der Waals surface area contributed by atoms with Crippen molar-refractivity contribution in [1.29, 1.82) is 0 Å². The molecule has 1 aliphatic rings. The van der Waals surface area contributed by atoms with E-state index in [0.29, 0.717) is 18.7 Å². The van der Waals surface area contributed by atoms with Crippen LogP contribution in [0.5, 0.6) is 0 Å². The molecule has 0 saturated carbocycles. The highest BCUT2D eigenvalue weighted by Crippen LogP contribution is 2.30. The number of sulfonamides is 1. The highest BCUT2D eigenvalue weighted by atomic mass is 32.2. The lowest BCUT2D eigenvalue weighted by Gasteiger charge is -2.38. The molecule has 2 atom stereocenters. The number of likely N-dealkylation sites (tertiary alicyclic amines) is 1. The summed E-state index contributed by atoms with van der Waals surface area (Å²) in [7, 11) is -0.146. The first-order chi connectivity index (χ1) is 11.4. The van der Waals surface area contributed by atoms with Crippen molar-refractivity contribution >= 4 is 15.9 Å². The largest absolute Gasteiger partial charge is 0.336 e. The van der Waals surface area contributed by atoms with Gasteiger partial charge in [-0.2, -0.15) is 0 Å². The van der Waals surface area contributed by atoms with Crippen molar-refractivity contribution in [2.45, 2.75) is 29.8 Å². The van der Waals surface area contributed by atoms with E-state index in [0.717, 1.165) is 0 Å². The zero-order valence-electron chi connectivity index (χ0n) is 13.6. The Morgan fingerprint density at radius 3 is 2.54 bits per heavy atom. The molecule has 0 spiro atoms. The third-order valence-electron chi connectivity index (χ3n) is 4.34. The molecule has 2 heterocycles. The van der Waals surface area contributed by atoms with Crippen LogP contribution in [0.15, 0.2) is 47.6 Å². The second-order valence-corrected chi connectivity index (χ2v) is 7.64. The van der Waals surface area contributed by atoms with E-state index < -0.39 is 22.1 Å². The van der Waals surface area contributed by atoms with Gasteiger partial charge >= 0.3 is 0 Å². The minimum absolute atomic E-state index is 0.0156. The first kappa shape index (κ1) is 16.7. The van der Waals surface area contributed by atoms with Gasteiger partial charge in [-0.3, -0.25) is 4.79 Å². The topological polar surface area (TPSA) is 84.3 Å². The molecule has 128 valence electrons. The molecule has 1 amide bonds. The summed E-state index contributed by atoms with van der Waals surface area (Å²) < 4.78 is 29.9. The van der Waals surface area contributed by atoms with E-state index in [2.05, 4.69) is 9.71 Å². The highest BCUT2D eigenvalue weighted by molar-refractivity contribution is 7.89. The molecular formula is C16H20N4O3S. The van der Waals surface area contributed by atoms with Crippen molar-refractivity contribution in [3.63, 3.8) is 0 Å². The van der Waals surface area contributed by atoms with Gasteiger partial charge in [0.05, 0.1) is 10.9 Å². The molecule has 1 fully saturated rings. The third-order valence-corrected chi connectivity index (χ3v) is 5.85. The van der Waals surface area contributed by atoms with Gasteiger partial charge in [-0.05, 0) is 18.6 Å². The summed E-state index contributed by atoms with van der Waals surface area (Å²) in [5.41, 5.74) is 0. The van der Waals surface area contributed by atoms with Gasteiger partial charge in [0.1, 0.15) is 11.9 Å². The lowest BCUT2D eigenvalue weighted by molar-refractivity contribution is -0.136. The van der Waals surface area contributed by atoms with Crippen LogP contribution in [0.2, 0.25) is 0 Å². The number of rotatable bonds is 4. The first-order valence-electron chi connectivity index (χ1n) is 7.70. The number of likely N-dealkylation sites (N-methyl/N-ethyl adjacent to an activating group) is 1. The van der Waals surface area contributed by atoms with Crippen LogP contribution in [0, 0.1) is 0 Å². The monoisotopic (exact) mass is 348 g/mol. The fourth-order valence-electron chi connectivity index (χ4n) is 3.04. The number of aryl methyl sites for hydroxylation is 1. The maximum absolute atomic E-state index is 12.6. The molecule has 3 rings (SSSR count). The average Bonchev–Trinajstić information content (AvgIpc) is 2.98. The number of amides is 1. The Labute approximate surface area is 141 Å². The number of hydrogen-bond donors (Lipinski definition) is 1. The highest BCUT2D eigenvalue weighted by Gasteiger charge is 2.39. The van der Waals surface area contributed by atoms with Crippen molar-refractivity contribution in [2.24, 2.45) is 7.05 Å². The van der Waals surface area contributed by atoms with Crippen LogP contribution in [0.4, 0.5) is 0 Å². The van der Waals surface area contributed by atoms with Gasteiger partial charge in [0.15, 0.2) is 0 Å². The molecule has 0 radical (unpaired) electrons. The lowest BCUT2D eigenvalue weighted by Crippen LogP contribution is -2.51. The van der Waals surface area contributed by atoms with Crippen LogP contribution < -0.4 is 4.72 Å². The predicted octanol–water partition coefficient (Wildman–Crippen LogP) is 1.06. The van der Waals surface area contributed by atoms with Crippen molar-refractivity contribution in [2.75, 3.05) is 7.05 Å². The maximum atomic E-state index is 12.6. The molecule has 7 nitrogen and oxygen atoms in total. The van der Waals surface area contributed by atoms with E-state index in [1.54, 1.807) is 54.7 Å². The number of carbonyl (C=O) groups excluding carboxylic acids is 1. The van der Waals surface area contributed by atoms with Crippen LogP contribution in [0.3, 0.4) is 0 Å². The van der Waals surface area contributed by atoms with Crippen LogP contribution in [-0.2, 0) is 21.9 Å². The molecule has 24 heavy (non-hydrogen) atoms. The fourth-order valence-corrected chi connectivity index (χ4v) is 4.34. The second kappa shape index (κ2) is 6.37. The summed E-state index contributed by atoms with van der Waals surface area (Å²) in [6.07, 6.45) is 4.17. The summed E-state index contributed by atoms with van der Waals surface area (Å²) in [5.74, 6) is 0.643. The van der Waals surface area contributed by atoms with E-state index in [-0.39, 0.29) is 10.8 Å².